The highest BCUT2D eigenvalue weighted by Crippen LogP contribution is 2.31. The molecule has 2 rings (SSSR count). The van der Waals surface area contributed by atoms with E-state index >= 15 is 0 Å². The maximum Gasteiger partial charge on any atom is 0.341 e. The minimum atomic E-state index is -0.553. The molecule has 1 aromatic carbocycles. The highest BCUT2D eigenvalue weighted by atomic mass is 35.5. The summed E-state index contributed by atoms with van der Waals surface area (Å²) >= 11 is 6.00. The maximum atomic E-state index is 11.9. The zero-order chi connectivity index (χ0) is 16.3. The Balaban J connectivity index is 2.50. The number of methoxy groups -OCH3 is 1. The standard InChI is InChI=1S/C16H16ClNO4/c1-9(10-5-4-6-11(17)7-10)14-12(16(20)21-3)8-13(22-14)15(19)18-2/h4-9H,1-3H3,(H,18,19). The highest BCUT2D eigenvalue weighted by Gasteiger charge is 2.26. The van der Waals surface area contributed by atoms with E-state index in [1.54, 1.807) is 12.1 Å². The number of hydrogen-bond donors (Lipinski definition) is 1. The first-order valence-electron chi connectivity index (χ1n) is 6.67. The van der Waals surface area contributed by atoms with Gasteiger partial charge in [0.25, 0.3) is 5.91 Å². The molecule has 0 bridgehead atoms. The Labute approximate surface area is 133 Å². The first kappa shape index (κ1) is 16.1. The molecule has 1 heterocycles. The summed E-state index contributed by atoms with van der Waals surface area (Å²) in [5.74, 6) is -0.789. The van der Waals surface area contributed by atoms with Crippen molar-refractivity contribution in [2.75, 3.05) is 14.2 Å². The van der Waals surface area contributed by atoms with E-state index in [-0.39, 0.29) is 17.2 Å². The van der Waals surface area contributed by atoms with Crippen molar-refractivity contribution in [3.05, 3.63) is 58.0 Å². The number of rotatable bonds is 4. The summed E-state index contributed by atoms with van der Waals surface area (Å²) in [7, 11) is 2.77. The first-order chi connectivity index (χ1) is 10.5. The molecule has 1 N–H and O–H groups in total. The fourth-order valence-corrected chi connectivity index (χ4v) is 2.36. The average Bonchev–Trinajstić information content (AvgIpc) is 2.97. The molecule has 0 aliphatic heterocycles. The van der Waals surface area contributed by atoms with Crippen molar-refractivity contribution in [3.63, 3.8) is 0 Å². The summed E-state index contributed by atoms with van der Waals surface area (Å²) in [6, 6.07) is 8.63. The van der Waals surface area contributed by atoms with Gasteiger partial charge in [-0.3, -0.25) is 4.79 Å². The molecule has 0 saturated carbocycles. The Hall–Kier alpha value is -2.27. The molecule has 0 spiro atoms. The highest BCUT2D eigenvalue weighted by molar-refractivity contribution is 6.30. The minimum absolute atomic E-state index is 0.0618. The SMILES string of the molecule is CNC(=O)c1cc(C(=O)OC)c(C(C)c2cccc(Cl)c2)o1. The van der Waals surface area contributed by atoms with Crippen molar-refractivity contribution in [1.82, 2.24) is 5.32 Å². The van der Waals surface area contributed by atoms with E-state index in [4.69, 9.17) is 20.8 Å². The number of carbonyl (C=O) groups is 2. The predicted octanol–water partition coefficient (Wildman–Crippen LogP) is 3.23. The molecule has 116 valence electrons. The molecule has 0 aliphatic carbocycles. The van der Waals surface area contributed by atoms with Gasteiger partial charge in [0, 0.05) is 24.1 Å². The molecule has 5 nitrogen and oxygen atoms in total. The second kappa shape index (κ2) is 6.66. The number of hydrogen-bond acceptors (Lipinski definition) is 4. The van der Waals surface area contributed by atoms with Crippen molar-refractivity contribution >= 4 is 23.5 Å². The molecule has 1 atom stereocenters. The van der Waals surface area contributed by atoms with Crippen LogP contribution < -0.4 is 5.32 Å². The minimum Gasteiger partial charge on any atom is -0.465 e. The number of benzene rings is 1. The van der Waals surface area contributed by atoms with E-state index in [9.17, 15) is 9.59 Å². The molecule has 0 saturated heterocycles. The Kier molecular flexibility index (Phi) is 4.88. The number of ether oxygens (including phenoxy) is 1. The summed E-state index contributed by atoms with van der Waals surface area (Å²) < 4.78 is 10.3. The molecule has 6 heteroatoms. The Morgan fingerprint density at radius 3 is 2.64 bits per heavy atom. The zero-order valence-electron chi connectivity index (χ0n) is 12.5. The van der Waals surface area contributed by atoms with Crippen LogP contribution in [0.25, 0.3) is 0 Å². The van der Waals surface area contributed by atoms with Crippen molar-refractivity contribution in [1.29, 1.82) is 0 Å². The van der Waals surface area contributed by atoms with E-state index in [2.05, 4.69) is 5.32 Å². The van der Waals surface area contributed by atoms with Crippen LogP contribution in [0.5, 0.6) is 0 Å². The molecule has 0 radical (unpaired) electrons. The molecule has 1 amide bonds. The van der Waals surface area contributed by atoms with Gasteiger partial charge < -0.3 is 14.5 Å². The third kappa shape index (κ3) is 3.14. The number of esters is 1. The number of amides is 1. The summed E-state index contributed by atoms with van der Waals surface area (Å²) in [5.41, 5.74) is 1.10. The van der Waals surface area contributed by atoms with Gasteiger partial charge in [0.1, 0.15) is 11.3 Å². The number of nitrogens with one attached hydrogen (secondary N) is 1. The predicted molar refractivity (Wildman–Crippen MR) is 82.4 cm³/mol. The summed E-state index contributed by atoms with van der Waals surface area (Å²) in [5, 5.41) is 3.05. The lowest BCUT2D eigenvalue weighted by molar-refractivity contribution is 0.0597. The van der Waals surface area contributed by atoms with Crippen molar-refractivity contribution in [2.45, 2.75) is 12.8 Å². The van der Waals surface area contributed by atoms with Crippen LogP contribution in [-0.2, 0) is 4.74 Å². The summed E-state index contributed by atoms with van der Waals surface area (Å²) in [6.07, 6.45) is 0. The topological polar surface area (TPSA) is 68.5 Å². The fraction of sp³-hybridized carbons (Fsp3) is 0.250. The van der Waals surface area contributed by atoms with Crippen LogP contribution >= 0.6 is 11.6 Å². The second-order valence-electron chi connectivity index (χ2n) is 4.74. The lowest BCUT2D eigenvalue weighted by Crippen LogP contribution is -2.16. The van der Waals surface area contributed by atoms with Gasteiger partial charge in [-0.05, 0) is 17.7 Å². The Morgan fingerprint density at radius 1 is 1.32 bits per heavy atom. The third-order valence-corrected chi connectivity index (χ3v) is 3.59. The van der Waals surface area contributed by atoms with Crippen LogP contribution in [0.1, 0.15) is 45.1 Å². The molecular formula is C16H16ClNO4. The quantitative estimate of drug-likeness (QED) is 0.878. The van der Waals surface area contributed by atoms with Gasteiger partial charge in [-0.15, -0.1) is 0 Å². The molecule has 0 fully saturated rings. The summed E-state index contributed by atoms with van der Waals surface area (Å²) in [4.78, 5) is 23.6. The van der Waals surface area contributed by atoms with Crippen LogP contribution in [0.3, 0.4) is 0 Å². The van der Waals surface area contributed by atoms with Gasteiger partial charge >= 0.3 is 5.97 Å². The molecule has 22 heavy (non-hydrogen) atoms. The monoisotopic (exact) mass is 321 g/mol. The second-order valence-corrected chi connectivity index (χ2v) is 5.17. The molecule has 2 aromatic rings. The lowest BCUT2D eigenvalue weighted by Gasteiger charge is -2.11. The number of carbonyl (C=O) groups excluding carboxylic acids is 2. The van der Waals surface area contributed by atoms with Gasteiger partial charge in [-0.1, -0.05) is 30.7 Å². The van der Waals surface area contributed by atoms with Gasteiger partial charge in [0.15, 0.2) is 5.76 Å². The van der Waals surface area contributed by atoms with E-state index in [0.717, 1.165) is 5.56 Å². The zero-order valence-corrected chi connectivity index (χ0v) is 13.2. The Bertz CT molecular complexity index is 708. The molecule has 0 aliphatic rings. The molecule has 1 unspecified atom stereocenters. The van der Waals surface area contributed by atoms with Crippen molar-refractivity contribution < 1.29 is 18.7 Å². The third-order valence-electron chi connectivity index (χ3n) is 3.36. The van der Waals surface area contributed by atoms with Crippen LogP contribution in [0.2, 0.25) is 5.02 Å². The lowest BCUT2D eigenvalue weighted by atomic mass is 9.96. The van der Waals surface area contributed by atoms with Gasteiger partial charge in [-0.25, -0.2) is 4.79 Å². The van der Waals surface area contributed by atoms with Gasteiger partial charge in [0.05, 0.1) is 7.11 Å². The number of furan rings is 1. The van der Waals surface area contributed by atoms with E-state index < -0.39 is 11.9 Å². The van der Waals surface area contributed by atoms with Crippen LogP contribution in [0, 0.1) is 0 Å². The average molecular weight is 322 g/mol. The van der Waals surface area contributed by atoms with E-state index in [1.165, 1.54) is 20.2 Å². The normalized spacial score (nSPS) is 11.8. The largest absolute Gasteiger partial charge is 0.465 e. The van der Waals surface area contributed by atoms with E-state index in [1.807, 2.05) is 19.1 Å². The van der Waals surface area contributed by atoms with Crippen molar-refractivity contribution in [2.24, 2.45) is 0 Å². The van der Waals surface area contributed by atoms with Gasteiger partial charge in [0.2, 0.25) is 0 Å². The smallest absolute Gasteiger partial charge is 0.341 e. The Morgan fingerprint density at radius 2 is 2.05 bits per heavy atom. The van der Waals surface area contributed by atoms with Crippen LogP contribution in [0.4, 0.5) is 0 Å². The van der Waals surface area contributed by atoms with E-state index in [0.29, 0.717) is 10.8 Å². The molecular weight excluding hydrogens is 306 g/mol. The summed E-state index contributed by atoms with van der Waals surface area (Å²) in [6.45, 7) is 1.87. The van der Waals surface area contributed by atoms with Gasteiger partial charge in [-0.2, -0.15) is 0 Å². The maximum absolute atomic E-state index is 11.9. The number of halogens is 1. The molecule has 1 aromatic heterocycles. The van der Waals surface area contributed by atoms with Crippen LogP contribution in [0.15, 0.2) is 34.7 Å². The van der Waals surface area contributed by atoms with Crippen LogP contribution in [-0.4, -0.2) is 26.0 Å². The fourth-order valence-electron chi connectivity index (χ4n) is 2.16. The van der Waals surface area contributed by atoms with Crippen molar-refractivity contribution in [3.8, 4) is 0 Å². The first-order valence-corrected chi connectivity index (χ1v) is 7.05.